The van der Waals surface area contributed by atoms with Crippen LogP contribution in [0.3, 0.4) is 0 Å². The van der Waals surface area contributed by atoms with Crippen molar-refractivity contribution in [3.05, 3.63) is 17.5 Å². The molecule has 1 aliphatic carbocycles. The van der Waals surface area contributed by atoms with Crippen LogP contribution < -0.4 is 4.90 Å². The quantitative estimate of drug-likeness (QED) is 0.775. The SMILES string of the molecule is CN(c1nccnc1Cl)C1CCCCC1. The number of anilines is 1. The molecule has 0 atom stereocenters. The van der Waals surface area contributed by atoms with Crippen LogP contribution in [0.25, 0.3) is 0 Å². The van der Waals surface area contributed by atoms with Crippen LogP contribution in [0.4, 0.5) is 5.82 Å². The highest BCUT2D eigenvalue weighted by molar-refractivity contribution is 6.31. The summed E-state index contributed by atoms with van der Waals surface area (Å²) in [5, 5.41) is 0.505. The molecule has 0 unspecified atom stereocenters. The third-order valence-corrected chi connectivity index (χ3v) is 3.36. The molecule has 1 saturated carbocycles. The van der Waals surface area contributed by atoms with Gasteiger partial charge in [-0.25, -0.2) is 9.97 Å². The molecular weight excluding hydrogens is 210 g/mol. The summed E-state index contributed by atoms with van der Waals surface area (Å²) in [6, 6.07) is 0.577. The van der Waals surface area contributed by atoms with Gasteiger partial charge in [0.15, 0.2) is 11.0 Å². The van der Waals surface area contributed by atoms with Gasteiger partial charge in [0.05, 0.1) is 0 Å². The van der Waals surface area contributed by atoms with Gasteiger partial charge in [-0.1, -0.05) is 30.9 Å². The van der Waals surface area contributed by atoms with E-state index in [1.54, 1.807) is 12.4 Å². The summed E-state index contributed by atoms with van der Waals surface area (Å²) in [6.45, 7) is 0. The van der Waals surface area contributed by atoms with E-state index in [-0.39, 0.29) is 0 Å². The number of nitrogens with zero attached hydrogens (tertiary/aromatic N) is 3. The average Bonchev–Trinajstić information content (AvgIpc) is 2.30. The second kappa shape index (κ2) is 4.79. The largest absolute Gasteiger partial charge is 0.354 e. The van der Waals surface area contributed by atoms with Gasteiger partial charge in [-0.05, 0) is 12.8 Å². The van der Waals surface area contributed by atoms with Crippen LogP contribution in [0.1, 0.15) is 32.1 Å². The van der Waals surface area contributed by atoms with Gasteiger partial charge in [-0.15, -0.1) is 0 Å². The number of aromatic nitrogens is 2. The summed E-state index contributed by atoms with van der Waals surface area (Å²) in [5.41, 5.74) is 0. The van der Waals surface area contributed by atoms with Gasteiger partial charge in [0.25, 0.3) is 0 Å². The van der Waals surface area contributed by atoms with Gasteiger partial charge in [-0.3, -0.25) is 0 Å². The van der Waals surface area contributed by atoms with Gasteiger partial charge in [0.2, 0.25) is 0 Å². The van der Waals surface area contributed by atoms with E-state index in [1.165, 1.54) is 32.1 Å². The Kier molecular flexibility index (Phi) is 3.41. The molecule has 1 heterocycles. The van der Waals surface area contributed by atoms with Crippen LogP contribution in [0.2, 0.25) is 5.15 Å². The fourth-order valence-corrected chi connectivity index (χ4v) is 2.43. The highest BCUT2D eigenvalue weighted by Gasteiger charge is 2.20. The van der Waals surface area contributed by atoms with Crippen molar-refractivity contribution in [2.75, 3.05) is 11.9 Å². The predicted molar refractivity (Wildman–Crippen MR) is 62.3 cm³/mol. The molecule has 82 valence electrons. The summed E-state index contributed by atoms with van der Waals surface area (Å²) >= 11 is 6.02. The monoisotopic (exact) mass is 225 g/mol. The smallest absolute Gasteiger partial charge is 0.171 e. The average molecular weight is 226 g/mol. The molecule has 1 fully saturated rings. The molecule has 0 saturated heterocycles. The van der Waals surface area contributed by atoms with Crippen molar-refractivity contribution >= 4 is 17.4 Å². The molecule has 1 aliphatic rings. The van der Waals surface area contributed by atoms with Crippen LogP contribution in [0.5, 0.6) is 0 Å². The van der Waals surface area contributed by atoms with Gasteiger partial charge >= 0.3 is 0 Å². The first-order valence-corrected chi connectivity index (χ1v) is 5.86. The van der Waals surface area contributed by atoms with Crippen LogP contribution in [-0.2, 0) is 0 Å². The molecule has 1 aromatic rings. The third kappa shape index (κ3) is 2.40. The second-order valence-electron chi connectivity index (χ2n) is 4.07. The fourth-order valence-electron chi connectivity index (χ4n) is 2.19. The first-order chi connectivity index (χ1) is 7.29. The molecule has 0 bridgehead atoms. The zero-order valence-electron chi connectivity index (χ0n) is 8.99. The number of rotatable bonds is 2. The lowest BCUT2D eigenvalue weighted by atomic mass is 9.94. The Balaban J connectivity index is 2.12. The number of hydrogen-bond donors (Lipinski definition) is 0. The molecule has 0 aliphatic heterocycles. The van der Waals surface area contributed by atoms with Crippen molar-refractivity contribution in [2.24, 2.45) is 0 Å². The molecule has 1 aromatic heterocycles. The van der Waals surface area contributed by atoms with Crippen molar-refractivity contribution in [3.8, 4) is 0 Å². The van der Waals surface area contributed by atoms with Crippen molar-refractivity contribution in [1.82, 2.24) is 9.97 Å². The van der Waals surface area contributed by atoms with E-state index < -0.39 is 0 Å². The molecule has 3 nitrogen and oxygen atoms in total. The first-order valence-electron chi connectivity index (χ1n) is 5.48. The topological polar surface area (TPSA) is 29.0 Å². The zero-order valence-corrected chi connectivity index (χ0v) is 9.74. The van der Waals surface area contributed by atoms with Crippen molar-refractivity contribution in [3.63, 3.8) is 0 Å². The van der Waals surface area contributed by atoms with E-state index in [0.717, 1.165) is 5.82 Å². The molecule has 0 radical (unpaired) electrons. The molecule has 0 N–H and O–H groups in total. The van der Waals surface area contributed by atoms with Crippen molar-refractivity contribution in [1.29, 1.82) is 0 Å². The number of hydrogen-bond acceptors (Lipinski definition) is 3. The van der Waals surface area contributed by atoms with Crippen molar-refractivity contribution in [2.45, 2.75) is 38.1 Å². The maximum atomic E-state index is 6.02. The van der Waals surface area contributed by atoms with Gasteiger partial charge < -0.3 is 4.90 Å². The fraction of sp³-hybridized carbons (Fsp3) is 0.636. The number of halogens is 1. The molecule has 0 spiro atoms. The molecule has 15 heavy (non-hydrogen) atoms. The molecule has 0 aromatic carbocycles. The van der Waals surface area contributed by atoms with E-state index in [4.69, 9.17) is 11.6 Å². The third-order valence-electron chi connectivity index (χ3n) is 3.09. The summed E-state index contributed by atoms with van der Waals surface area (Å²) in [5.74, 6) is 0.811. The van der Waals surface area contributed by atoms with E-state index in [2.05, 4.69) is 21.9 Å². The predicted octanol–water partition coefficient (Wildman–Crippen LogP) is 2.90. The minimum atomic E-state index is 0.505. The Labute approximate surface area is 95.5 Å². The van der Waals surface area contributed by atoms with Crippen LogP contribution in [-0.4, -0.2) is 23.1 Å². The van der Waals surface area contributed by atoms with Crippen LogP contribution in [0.15, 0.2) is 12.4 Å². The Morgan fingerprint density at radius 1 is 1.20 bits per heavy atom. The van der Waals surface area contributed by atoms with Gasteiger partial charge in [0, 0.05) is 25.5 Å². The molecular formula is C11H16ClN3. The lowest BCUT2D eigenvalue weighted by Crippen LogP contribution is -2.34. The standard InChI is InChI=1S/C11H16ClN3/c1-15(9-5-3-2-4-6-9)11-10(12)13-7-8-14-11/h7-9H,2-6H2,1H3. The summed E-state index contributed by atoms with van der Waals surface area (Å²) < 4.78 is 0. The minimum Gasteiger partial charge on any atom is -0.354 e. The van der Waals surface area contributed by atoms with E-state index in [1.807, 2.05) is 0 Å². The lowest BCUT2D eigenvalue weighted by molar-refractivity contribution is 0.426. The Morgan fingerprint density at radius 2 is 1.87 bits per heavy atom. The normalized spacial score (nSPS) is 17.7. The van der Waals surface area contributed by atoms with Crippen molar-refractivity contribution < 1.29 is 0 Å². The highest BCUT2D eigenvalue weighted by Crippen LogP contribution is 2.27. The molecule has 0 amide bonds. The Hall–Kier alpha value is -0.830. The minimum absolute atomic E-state index is 0.505. The Bertz CT molecular complexity index is 323. The Morgan fingerprint density at radius 3 is 2.53 bits per heavy atom. The maximum absolute atomic E-state index is 6.02. The van der Waals surface area contributed by atoms with Gasteiger partial charge in [0.1, 0.15) is 0 Å². The molecule has 2 rings (SSSR count). The van der Waals surface area contributed by atoms with Crippen LogP contribution >= 0.6 is 11.6 Å². The van der Waals surface area contributed by atoms with Gasteiger partial charge in [-0.2, -0.15) is 0 Å². The van der Waals surface area contributed by atoms with Crippen LogP contribution in [0, 0.1) is 0 Å². The lowest BCUT2D eigenvalue weighted by Gasteiger charge is -2.32. The highest BCUT2D eigenvalue weighted by atomic mass is 35.5. The van der Waals surface area contributed by atoms with E-state index in [9.17, 15) is 0 Å². The summed E-state index contributed by atoms with van der Waals surface area (Å²) in [4.78, 5) is 10.5. The second-order valence-corrected chi connectivity index (χ2v) is 4.43. The zero-order chi connectivity index (χ0) is 10.7. The molecule has 4 heteroatoms. The summed E-state index contributed by atoms with van der Waals surface area (Å²) in [7, 11) is 2.06. The summed E-state index contributed by atoms with van der Waals surface area (Å²) in [6.07, 6.45) is 9.78. The van der Waals surface area contributed by atoms with E-state index in [0.29, 0.717) is 11.2 Å². The maximum Gasteiger partial charge on any atom is 0.171 e. The van der Waals surface area contributed by atoms with E-state index >= 15 is 0 Å². The first kappa shape index (κ1) is 10.7.